The Kier molecular flexibility index (Phi) is 6.16. The summed E-state index contributed by atoms with van der Waals surface area (Å²) in [7, 11) is 0. The molecule has 2 aromatic rings. The van der Waals surface area contributed by atoms with Crippen molar-refractivity contribution >= 4 is 28.8 Å². The lowest BCUT2D eigenvalue weighted by Crippen LogP contribution is -2.37. The zero-order valence-electron chi connectivity index (χ0n) is 16.0. The Morgan fingerprint density at radius 2 is 2.07 bits per heavy atom. The summed E-state index contributed by atoms with van der Waals surface area (Å²) in [4.78, 5) is 28.3. The first-order chi connectivity index (χ1) is 13.0. The Morgan fingerprint density at radius 1 is 1.30 bits per heavy atom. The van der Waals surface area contributed by atoms with E-state index in [0.717, 1.165) is 10.6 Å². The first kappa shape index (κ1) is 19.4. The van der Waals surface area contributed by atoms with Crippen molar-refractivity contribution in [2.75, 3.05) is 18.1 Å². The molecule has 1 N–H and O–H groups in total. The highest BCUT2D eigenvalue weighted by Crippen LogP contribution is 2.34. The summed E-state index contributed by atoms with van der Waals surface area (Å²) in [5.74, 6) is 0.493. The number of thiophene rings is 1. The zero-order valence-corrected chi connectivity index (χ0v) is 16.8. The molecule has 1 aliphatic heterocycles. The molecule has 5 nitrogen and oxygen atoms in total. The molecular formula is C21H26N2O3S. The average molecular weight is 387 g/mol. The third-order valence-corrected chi connectivity index (χ3v) is 5.72. The number of amides is 2. The molecule has 1 saturated heterocycles. The maximum Gasteiger partial charge on any atom is 0.227 e. The second kappa shape index (κ2) is 8.57. The molecule has 1 aliphatic rings. The van der Waals surface area contributed by atoms with Gasteiger partial charge in [-0.25, -0.2) is 0 Å². The first-order valence-corrected chi connectivity index (χ1v) is 10.2. The van der Waals surface area contributed by atoms with Crippen molar-refractivity contribution in [3.8, 4) is 5.75 Å². The van der Waals surface area contributed by atoms with Crippen LogP contribution < -0.4 is 15.0 Å². The number of carbonyl (C=O) groups excluding carboxylic acids is 2. The Morgan fingerprint density at radius 3 is 2.74 bits per heavy atom. The Bertz CT molecular complexity index is 788. The van der Waals surface area contributed by atoms with Gasteiger partial charge in [0.2, 0.25) is 11.8 Å². The van der Waals surface area contributed by atoms with Gasteiger partial charge >= 0.3 is 0 Å². The minimum atomic E-state index is -0.353. The Labute approximate surface area is 164 Å². The summed E-state index contributed by atoms with van der Waals surface area (Å²) in [6.45, 7) is 7.00. The fourth-order valence-electron chi connectivity index (χ4n) is 3.38. The number of nitrogens with one attached hydrogen (secondary N) is 1. The lowest BCUT2D eigenvalue weighted by atomic mass is 10.0. The summed E-state index contributed by atoms with van der Waals surface area (Å²) in [6.07, 6.45) is 0.224. The minimum absolute atomic E-state index is 0.0302. The van der Waals surface area contributed by atoms with E-state index in [4.69, 9.17) is 4.74 Å². The molecule has 1 aromatic heterocycles. The monoisotopic (exact) mass is 386 g/mol. The van der Waals surface area contributed by atoms with Gasteiger partial charge in [-0.05, 0) is 36.4 Å². The summed E-state index contributed by atoms with van der Waals surface area (Å²) < 4.78 is 5.65. The van der Waals surface area contributed by atoms with Gasteiger partial charge in [-0.15, -0.1) is 11.3 Å². The van der Waals surface area contributed by atoms with Gasteiger partial charge < -0.3 is 15.0 Å². The molecule has 3 rings (SSSR count). The summed E-state index contributed by atoms with van der Waals surface area (Å²) in [5, 5.41) is 5.17. The normalized spacial score (nSPS) is 18.0. The van der Waals surface area contributed by atoms with Crippen LogP contribution in [0, 0.1) is 11.8 Å². The van der Waals surface area contributed by atoms with Crippen molar-refractivity contribution in [2.24, 2.45) is 11.8 Å². The number of para-hydroxylation sites is 2. The van der Waals surface area contributed by atoms with Crippen molar-refractivity contribution in [3.05, 3.63) is 46.7 Å². The van der Waals surface area contributed by atoms with Crippen molar-refractivity contribution in [1.82, 2.24) is 5.32 Å². The maximum atomic E-state index is 12.9. The number of nitrogens with zero attached hydrogens (tertiary/aromatic N) is 1. The van der Waals surface area contributed by atoms with E-state index >= 15 is 0 Å². The Hall–Kier alpha value is -2.34. The number of ether oxygens (including phenoxy) is 1. The first-order valence-electron chi connectivity index (χ1n) is 9.37. The molecule has 2 heterocycles. The minimum Gasteiger partial charge on any atom is -0.492 e. The van der Waals surface area contributed by atoms with Gasteiger partial charge in [0.15, 0.2) is 0 Å². The number of benzene rings is 1. The summed E-state index contributed by atoms with van der Waals surface area (Å²) >= 11 is 1.64. The van der Waals surface area contributed by atoms with Crippen LogP contribution >= 0.6 is 11.3 Å². The van der Waals surface area contributed by atoms with Gasteiger partial charge in [-0.1, -0.05) is 32.0 Å². The molecular weight excluding hydrogens is 360 g/mol. The van der Waals surface area contributed by atoms with Crippen LogP contribution in [0.5, 0.6) is 5.75 Å². The third kappa shape index (κ3) is 4.33. The van der Waals surface area contributed by atoms with Gasteiger partial charge in [0.05, 0.1) is 24.3 Å². The molecule has 0 spiro atoms. The van der Waals surface area contributed by atoms with Crippen molar-refractivity contribution in [2.45, 2.75) is 33.2 Å². The molecule has 0 saturated carbocycles. The average Bonchev–Trinajstić information content (AvgIpc) is 3.30. The topological polar surface area (TPSA) is 58.6 Å². The molecule has 2 atom stereocenters. The van der Waals surface area contributed by atoms with Crippen molar-refractivity contribution in [3.63, 3.8) is 0 Å². The quantitative estimate of drug-likeness (QED) is 0.782. The molecule has 1 fully saturated rings. The molecule has 2 amide bonds. The number of hydrogen-bond acceptors (Lipinski definition) is 4. The SMILES string of the molecule is CCOc1ccccc1N1CC(C(=O)NC(c2cccs2)C(C)C)CC1=O. The van der Waals surface area contributed by atoms with Gasteiger partial charge in [0, 0.05) is 17.8 Å². The van der Waals surface area contributed by atoms with Crippen LogP contribution in [0.25, 0.3) is 0 Å². The van der Waals surface area contributed by atoms with Crippen LogP contribution in [0.3, 0.4) is 0 Å². The van der Waals surface area contributed by atoms with Gasteiger partial charge in [-0.2, -0.15) is 0 Å². The second-order valence-electron chi connectivity index (χ2n) is 7.05. The Balaban J connectivity index is 1.72. The van der Waals surface area contributed by atoms with Crippen molar-refractivity contribution < 1.29 is 14.3 Å². The van der Waals surface area contributed by atoms with Crippen LogP contribution in [-0.4, -0.2) is 25.0 Å². The van der Waals surface area contributed by atoms with Crippen LogP contribution in [0.4, 0.5) is 5.69 Å². The molecule has 27 heavy (non-hydrogen) atoms. The smallest absolute Gasteiger partial charge is 0.227 e. The summed E-state index contributed by atoms with van der Waals surface area (Å²) in [5.41, 5.74) is 0.735. The van der Waals surface area contributed by atoms with E-state index in [2.05, 4.69) is 19.2 Å². The molecule has 0 radical (unpaired) electrons. The highest BCUT2D eigenvalue weighted by atomic mass is 32.1. The predicted molar refractivity (Wildman–Crippen MR) is 108 cm³/mol. The van der Waals surface area contributed by atoms with E-state index in [9.17, 15) is 9.59 Å². The van der Waals surface area contributed by atoms with Gasteiger partial charge in [-0.3, -0.25) is 9.59 Å². The number of rotatable bonds is 7. The number of hydrogen-bond donors (Lipinski definition) is 1. The van der Waals surface area contributed by atoms with E-state index in [1.165, 1.54) is 0 Å². The molecule has 6 heteroatoms. The fourth-order valence-corrected chi connectivity index (χ4v) is 4.33. The molecule has 0 bridgehead atoms. The van der Waals surface area contributed by atoms with E-state index in [-0.39, 0.29) is 36.1 Å². The largest absolute Gasteiger partial charge is 0.492 e. The zero-order chi connectivity index (χ0) is 19.4. The van der Waals surface area contributed by atoms with E-state index in [0.29, 0.717) is 18.9 Å². The van der Waals surface area contributed by atoms with E-state index < -0.39 is 0 Å². The molecule has 1 aromatic carbocycles. The molecule has 0 aliphatic carbocycles. The van der Waals surface area contributed by atoms with E-state index in [1.807, 2.05) is 48.7 Å². The number of carbonyl (C=O) groups is 2. The van der Waals surface area contributed by atoms with Gasteiger partial charge in [0.1, 0.15) is 5.75 Å². The van der Waals surface area contributed by atoms with Crippen LogP contribution in [0.15, 0.2) is 41.8 Å². The van der Waals surface area contributed by atoms with Crippen LogP contribution in [0.1, 0.15) is 38.1 Å². The van der Waals surface area contributed by atoms with Crippen LogP contribution in [-0.2, 0) is 9.59 Å². The third-order valence-electron chi connectivity index (χ3n) is 4.77. The maximum absolute atomic E-state index is 12.9. The second-order valence-corrected chi connectivity index (χ2v) is 8.03. The molecule has 2 unspecified atom stereocenters. The van der Waals surface area contributed by atoms with Crippen molar-refractivity contribution in [1.29, 1.82) is 0 Å². The van der Waals surface area contributed by atoms with E-state index in [1.54, 1.807) is 16.2 Å². The lowest BCUT2D eigenvalue weighted by Gasteiger charge is -2.23. The lowest BCUT2D eigenvalue weighted by molar-refractivity contribution is -0.127. The summed E-state index contributed by atoms with van der Waals surface area (Å²) in [6, 6.07) is 11.5. The van der Waals surface area contributed by atoms with Gasteiger partial charge in [0.25, 0.3) is 0 Å². The highest BCUT2D eigenvalue weighted by Gasteiger charge is 2.37. The predicted octanol–water partition coefficient (Wildman–Crippen LogP) is 4.01. The fraction of sp³-hybridized carbons (Fsp3) is 0.429. The number of anilines is 1. The van der Waals surface area contributed by atoms with Crippen LogP contribution in [0.2, 0.25) is 0 Å². The highest BCUT2D eigenvalue weighted by molar-refractivity contribution is 7.10. The molecule has 144 valence electrons. The standard InChI is InChI=1S/C21H26N2O3S/c1-4-26-17-9-6-5-8-16(17)23-13-15(12-19(23)24)21(25)22-20(14(2)3)18-10-7-11-27-18/h5-11,14-15,20H,4,12-13H2,1-3H3,(H,22,25).